The lowest BCUT2D eigenvalue weighted by atomic mass is 10.0. The van der Waals surface area contributed by atoms with Crippen molar-refractivity contribution < 1.29 is 4.57 Å². The first-order chi connectivity index (χ1) is 22.8. The number of unbranched alkanes of at least 4 members (excludes halogenated alkanes) is 28. The van der Waals surface area contributed by atoms with E-state index in [1.807, 2.05) is 0 Å². The van der Waals surface area contributed by atoms with E-state index in [1.165, 1.54) is 211 Å². The van der Waals surface area contributed by atoms with E-state index >= 15 is 0 Å². The molecule has 1 heterocycles. The van der Waals surface area contributed by atoms with Crippen LogP contribution >= 0.6 is 0 Å². The first-order valence-electron chi connectivity index (χ1n) is 21.0. The van der Waals surface area contributed by atoms with Crippen molar-refractivity contribution in [3.05, 3.63) is 54.1 Å². The van der Waals surface area contributed by atoms with Gasteiger partial charge in [0.2, 0.25) is 0 Å². The monoisotopic (exact) mass is 636 g/mol. The lowest BCUT2D eigenvalue weighted by Crippen LogP contribution is -2.37. The van der Waals surface area contributed by atoms with Crippen LogP contribution < -0.4 is 4.57 Å². The molecule has 0 spiro atoms. The number of hydrogen-bond donors (Lipinski definition) is 0. The van der Waals surface area contributed by atoms with Gasteiger partial charge in [-0.3, -0.25) is 0 Å². The maximum atomic E-state index is 2.59. The molecule has 0 saturated carbocycles. The molecule has 0 N–H and O–H groups in total. The molecule has 2 nitrogen and oxygen atoms in total. The molecule has 0 amide bonds. The van der Waals surface area contributed by atoms with E-state index in [0.717, 1.165) is 6.54 Å². The number of nitrogens with zero attached hydrogens (tertiary/aromatic N) is 2. The van der Waals surface area contributed by atoms with E-state index in [0.29, 0.717) is 0 Å². The van der Waals surface area contributed by atoms with Gasteiger partial charge in [-0.1, -0.05) is 218 Å². The molecule has 2 heteroatoms. The van der Waals surface area contributed by atoms with Crippen LogP contribution in [0.1, 0.15) is 218 Å². The zero-order valence-electron chi connectivity index (χ0n) is 31.3. The van der Waals surface area contributed by atoms with Crippen molar-refractivity contribution in [3.63, 3.8) is 0 Å². The third-order valence-corrected chi connectivity index (χ3v) is 10.3. The molecule has 0 bridgehead atoms. The Balaban J connectivity index is 1.55. The number of imidazole rings is 1. The molecule has 1 aromatic heterocycles. The Bertz CT molecular complexity index is 885. The van der Waals surface area contributed by atoms with Gasteiger partial charge in [-0.2, -0.15) is 0 Å². The quantitative estimate of drug-likeness (QED) is 0.0534. The highest BCUT2D eigenvalue weighted by atomic mass is 15.1. The summed E-state index contributed by atoms with van der Waals surface area (Å²) >= 11 is 0. The molecule has 0 aliphatic rings. The highest BCUT2D eigenvalue weighted by molar-refractivity contribution is 5.13. The average Bonchev–Trinajstić information content (AvgIpc) is 3.45. The first-order valence-corrected chi connectivity index (χ1v) is 21.0. The van der Waals surface area contributed by atoms with Gasteiger partial charge in [0.1, 0.15) is 18.9 Å². The van der Waals surface area contributed by atoms with Gasteiger partial charge in [-0.25, -0.2) is 9.13 Å². The fourth-order valence-corrected chi connectivity index (χ4v) is 7.22. The number of aromatic nitrogens is 2. The summed E-state index contributed by atoms with van der Waals surface area (Å²) in [6.45, 7) is 6.81. The summed E-state index contributed by atoms with van der Waals surface area (Å²) in [4.78, 5) is 0. The van der Waals surface area contributed by atoms with Crippen LogP contribution in [0.5, 0.6) is 0 Å². The van der Waals surface area contributed by atoms with E-state index in [9.17, 15) is 0 Å². The van der Waals surface area contributed by atoms with Crippen LogP contribution in [-0.2, 0) is 19.5 Å². The molecule has 2 rings (SSSR count). The summed E-state index contributed by atoms with van der Waals surface area (Å²) in [7, 11) is 0. The summed E-state index contributed by atoms with van der Waals surface area (Å²) in [6, 6.07) is 11.0. The molecule has 264 valence electrons. The van der Waals surface area contributed by atoms with Crippen LogP contribution in [-0.4, -0.2) is 4.57 Å². The highest BCUT2D eigenvalue weighted by Crippen LogP contribution is 2.16. The zero-order chi connectivity index (χ0) is 32.6. The van der Waals surface area contributed by atoms with E-state index in [1.54, 1.807) is 5.82 Å². The fraction of sp³-hybridized carbons (Fsp3) is 0.795. The van der Waals surface area contributed by atoms with E-state index < -0.39 is 0 Å². The lowest BCUT2D eigenvalue weighted by Gasteiger charge is -2.07. The maximum absolute atomic E-state index is 2.59. The normalized spacial score (nSPS) is 11.5. The minimum absolute atomic E-state index is 1.00. The number of aryl methyl sites for hydroxylation is 1. The fourth-order valence-electron chi connectivity index (χ4n) is 7.22. The molecule has 0 fully saturated rings. The molecule has 0 radical (unpaired) electrons. The van der Waals surface area contributed by atoms with Crippen molar-refractivity contribution in [1.29, 1.82) is 0 Å². The summed E-state index contributed by atoms with van der Waals surface area (Å²) < 4.78 is 5.12. The summed E-state index contributed by atoms with van der Waals surface area (Å²) in [5.74, 6) is 1.55. The Morgan fingerprint density at radius 1 is 0.435 bits per heavy atom. The van der Waals surface area contributed by atoms with Crippen LogP contribution in [0.3, 0.4) is 0 Å². The van der Waals surface area contributed by atoms with Gasteiger partial charge in [-0.05, 0) is 24.8 Å². The van der Waals surface area contributed by atoms with Crippen LogP contribution in [0.25, 0.3) is 0 Å². The Kier molecular flexibility index (Phi) is 27.1. The molecule has 0 unspecified atom stereocenters. The molecule has 0 aliphatic carbocycles. The second-order valence-electron chi connectivity index (χ2n) is 14.7. The van der Waals surface area contributed by atoms with Gasteiger partial charge < -0.3 is 0 Å². The maximum Gasteiger partial charge on any atom is 0.256 e. The van der Waals surface area contributed by atoms with Gasteiger partial charge in [0, 0.05) is 6.42 Å². The van der Waals surface area contributed by atoms with E-state index in [4.69, 9.17) is 0 Å². The van der Waals surface area contributed by atoms with Crippen LogP contribution in [0, 0.1) is 0 Å². The van der Waals surface area contributed by atoms with Gasteiger partial charge >= 0.3 is 0 Å². The van der Waals surface area contributed by atoms with Gasteiger partial charge in [0.15, 0.2) is 0 Å². The third-order valence-electron chi connectivity index (χ3n) is 10.3. The van der Waals surface area contributed by atoms with Gasteiger partial charge in [0.05, 0.1) is 6.54 Å². The predicted molar refractivity (Wildman–Crippen MR) is 204 cm³/mol. The molecule has 1 aromatic carbocycles. The van der Waals surface area contributed by atoms with E-state index in [-0.39, 0.29) is 0 Å². The largest absolute Gasteiger partial charge is 0.256 e. The Labute approximate surface area is 288 Å². The van der Waals surface area contributed by atoms with Gasteiger partial charge in [0.25, 0.3) is 5.82 Å². The topological polar surface area (TPSA) is 8.81 Å². The van der Waals surface area contributed by atoms with Crippen molar-refractivity contribution in [2.45, 2.75) is 226 Å². The Hall–Kier alpha value is -1.57. The molecule has 0 aliphatic heterocycles. The molecular weight excluding hydrogens is 556 g/mol. The Morgan fingerprint density at radius 2 is 0.804 bits per heavy atom. The standard InChI is InChI=1S/C44H79N2/c1-3-5-7-9-11-13-15-17-18-19-20-21-23-25-27-29-34-38-44-45(40-41-46(44)42-43-36-32-31-33-37-43)39-35-30-28-26-24-22-16-14-12-10-8-6-4-2/h31-33,36-37,40-41H,3-30,34-35,38-39,42H2,1-2H3/q+1. The summed E-state index contributed by atoms with van der Waals surface area (Å²) in [5, 5.41) is 0. The smallest absolute Gasteiger partial charge is 0.234 e. The number of hydrogen-bond acceptors (Lipinski definition) is 0. The van der Waals surface area contributed by atoms with Crippen molar-refractivity contribution in [3.8, 4) is 0 Å². The number of rotatable bonds is 34. The zero-order valence-corrected chi connectivity index (χ0v) is 31.3. The summed E-state index contributed by atoms with van der Waals surface area (Å²) in [6.07, 6.45) is 48.9. The first kappa shape index (κ1) is 40.6. The SMILES string of the molecule is CCCCCCCCCCCCCCCCCCCc1n(CCCCCCCCCCCCCCC)cc[n+]1Cc1ccccc1. The van der Waals surface area contributed by atoms with Crippen molar-refractivity contribution in [2.24, 2.45) is 0 Å². The van der Waals surface area contributed by atoms with Crippen LogP contribution in [0.2, 0.25) is 0 Å². The Morgan fingerprint density at radius 3 is 1.22 bits per heavy atom. The third kappa shape index (κ3) is 22.1. The second kappa shape index (κ2) is 30.7. The molecule has 0 saturated heterocycles. The number of benzene rings is 1. The van der Waals surface area contributed by atoms with Crippen molar-refractivity contribution in [2.75, 3.05) is 0 Å². The average molecular weight is 636 g/mol. The minimum atomic E-state index is 1.00. The molecule has 46 heavy (non-hydrogen) atoms. The van der Waals surface area contributed by atoms with E-state index in [2.05, 4.69) is 65.7 Å². The van der Waals surface area contributed by atoms with Gasteiger partial charge in [-0.15, -0.1) is 0 Å². The van der Waals surface area contributed by atoms with Crippen LogP contribution in [0.15, 0.2) is 42.7 Å². The molecule has 2 aromatic rings. The molecule has 0 atom stereocenters. The predicted octanol–water partition coefficient (Wildman–Crippen LogP) is 14.1. The minimum Gasteiger partial charge on any atom is -0.234 e. The second-order valence-corrected chi connectivity index (χ2v) is 14.7. The molecular formula is C44H79N2+. The van der Waals surface area contributed by atoms with Crippen LogP contribution in [0.4, 0.5) is 0 Å². The lowest BCUT2D eigenvalue weighted by molar-refractivity contribution is -0.695. The van der Waals surface area contributed by atoms with Crippen molar-refractivity contribution >= 4 is 0 Å². The summed E-state index contributed by atoms with van der Waals surface area (Å²) in [5.41, 5.74) is 1.41. The highest BCUT2D eigenvalue weighted by Gasteiger charge is 2.17. The van der Waals surface area contributed by atoms with Crippen molar-refractivity contribution in [1.82, 2.24) is 4.57 Å².